The van der Waals surface area contributed by atoms with Crippen molar-refractivity contribution in [3.63, 3.8) is 0 Å². The second kappa shape index (κ2) is 81.9. The first-order valence-corrected chi connectivity index (χ1v) is 43.2. The number of hydrogen-bond donors (Lipinski definition) is 2. The Hall–Kier alpha value is -3.07. The standard InChI is InChI=1S/C87H158NO8P/c1-3-5-7-9-11-13-15-17-19-21-23-25-27-29-31-33-35-37-39-41-42-44-46-48-50-52-54-56-58-60-62-64-66-68-70-72-74-76-78-80-87(90)96-85(84-95-97(91,92)94-82-81-88)83-93-86(89)79-77-75-73-71-69-67-65-63-61-59-57-55-53-51-49-47-45-43-40-38-36-34-32-30-28-26-24-22-20-18-16-14-12-10-8-6-4-2/h5,7,11,13,16-19,22-25,29,31,35,37,85H,3-4,6,8-10,12,14-15,20-21,26-28,30,32-34,36,38-84,88H2,1-2H3,(H,91,92)/b7-5-,13-11-,18-16-,19-17-,24-22-,25-23-,31-29-,37-35-. The Morgan fingerprint density at radius 1 is 0.320 bits per heavy atom. The second-order valence-electron chi connectivity index (χ2n) is 28.0. The van der Waals surface area contributed by atoms with Gasteiger partial charge in [0.1, 0.15) is 6.61 Å². The number of ether oxygens (including phenoxy) is 2. The van der Waals surface area contributed by atoms with E-state index >= 15 is 0 Å². The molecule has 0 spiro atoms. The van der Waals surface area contributed by atoms with E-state index in [2.05, 4.69) is 111 Å². The summed E-state index contributed by atoms with van der Waals surface area (Å²) in [7, 11) is -4.40. The van der Waals surface area contributed by atoms with E-state index in [-0.39, 0.29) is 38.6 Å². The van der Waals surface area contributed by atoms with Crippen molar-refractivity contribution in [2.75, 3.05) is 26.4 Å². The molecule has 0 saturated heterocycles. The van der Waals surface area contributed by atoms with Crippen LogP contribution in [0.15, 0.2) is 97.2 Å². The number of phosphoric acid groups is 1. The van der Waals surface area contributed by atoms with E-state index in [1.165, 1.54) is 302 Å². The summed E-state index contributed by atoms with van der Waals surface area (Å²) in [5.74, 6) is -0.807. The minimum absolute atomic E-state index is 0.0539. The fourth-order valence-corrected chi connectivity index (χ4v) is 13.1. The normalized spacial score (nSPS) is 13.3. The quantitative estimate of drug-likeness (QED) is 0.0264. The highest BCUT2D eigenvalue weighted by molar-refractivity contribution is 7.47. The second-order valence-corrected chi connectivity index (χ2v) is 29.4. The van der Waals surface area contributed by atoms with Crippen molar-refractivity contribution in [3.05, 3.63) is 97.2 Å². The van der Waals surface area contributed by atoms with E-state index in [0.717, 1.165) is 77.0 Å². The van der Waals surface area contributed by atoms with Gasteiger partial charge in [0.05, 0.1) is 13.2 Å². The van der Waals surface area contributed by atoms with Gasteiger partial charge in [0.15, 0.2) is 6.10 Å². The Morgan fingerprint density at radius 2 is 0.567 bits per heavy atom. The number of rotatable bonds is 79. The molecule has 0 aromatic carbocycles. The summed E-state index contributed by atoms with van der Waals surface area (Å²) in [6.07, 6.45) is 113. The summed E-state index contributed by atoms with van der Waals surface area (Å²) in [6, 6.07) is 0. The molecule has 0 saturated carbocycles. The van der Waals surface area contributed by atoms with Gasteiger partial charge in [-0.25, -0.2) is 4.57 Å². The molecule has 3 N–H and O–H groups in total. The first-order chi connectivity index (χ1) is 47.8. The molecule has 0 aromatic rings. The predicted octanol–water partition coefficient (Wildman–Crippen LogP) is 28.2. The van der Waals surface area contributed by atoms with Gasteiger partial charge in [-0.2, -0.15) is 0 Å². The van der Waals surface area contributed by atoms with Crippen LogP contribution in [0.25, 0.3) is 0 Å². The van der Waals surface area contributed by atoms with Crippen LogP contribution in [0.4, 0.5) is 0 Å². The van der Waals surface area contributed by atoms with Crippen LogP contribution in [0, 0.1) is 0 Å². The number of nitrogens with two attached hydrogens (primary N) is 1. The molecule has 0 heterocycles. The highest BCUT2D eigenvalue weighted by Crippen LogP contribution is 2.43. The minimum atomic E-state index is -4.40. The molecule has 2 atom stereocenters. The van der Waals surface area contributed by atoms with Gasteiger partial charge in [-0.1, -0.05) is 400 Å². The number of carbonyl (C=O) groups is 2. The number of allylic oxidation sites excluding steroid dienone is 16. The minimum Gasteiger partial charge on any atom is -0.462 e. The molecule has 0 fully saturated rings. The van der Waals surface area contributed by atoms with Crippen LogP contribution in [-0.4, -0.2) is 49.3 Å². The molecule has 0 amide bonds. The van der Waals surface area contributed by atoms with Crippen LogP contribution in [0.5, 0.6) is 0 Å². The summed E-state index contributed by atoms with van der Waals surface area (Å²) in [6.45, 7) is 3.68. The summed E-state index contributed by atoms with van der Waals surface area (Å²) < 4.78 is 33.3. The molecule has 0 aliphatic rings. The van der Waals surface area contributed by atoms with Gasteiger partial charge < -0.3 is 20.1 Å². The van der Waals surface area contributed by atoms with Gasteiger partial charge in [0, 0.05) is 19.4 Å². The van der Waals surface area contributed by atoms with Gasteiger partial charge in [-0.3, -0.25) is 18.6 Å². The van der Waals surface area contributed by atoms with Gasteiger partial charge in [-0.05, 0) is 96.3 Å². The lowest BCUT2D eigenvalue weighted by atomic mass is 10.0. The zero-order valence-electron chi connectivity index (χ0n) is 63.8. The molecular weight excluding hydrogens is 1220 g/mol. The molecule has 0 aliphatic carbocycles. The molecule has 97 heavy (non-hydrogen) atoms. The summed E-state index contributed by atoms with van der Waals surface area (Å²) in [4.78, 5) is 35.5. The summed E-state index contributed by atoms with van der Waals surface area (Å²) in [5.41, 5.74) is 5.42. The maximum atomic E-state index is 12.8. The van der Waals surface area contributed by atoms with E-state index in [1.807, 2.05) is 0 Å². The van der Waals surface area contributed by atoms with Crippen LogP contribution in [-0.2, 0) is 32.7 Å². The summed E-state index contributed by atoms with van der Waals surface area (Å²) >= 11 is 0. The van der Waals surface area contributed by atoms with Crippen LogP contribution in [0.2, 0.25) is 0 Å². The lowest BCUT2D eigenvalue weighted by molar-refractivity contribution is -0.161. The lowest BCUT2D eigenvalue weighted by Crippen LogP contribution is -2.29. The molecule has 0 aliphatic heterocycles. The lowest BCUT2D eigenvalue weighted by Gasteiger charge is -2.19. The van der Waals surface area contributed by atoms with E-state index in [9.17, 15) is 19.0 Å². The Labute approximate surface area is 601 Å². The average molecular weight is 1380 g/mol. The van der Waals surface area contributed by atoms with Crippen molar-refractivity contribution in [2.45, 2.75) is 418 Å². The molecule has 9 nitrogen and oxygen atoms in total. The third kappa shape index (κ3) is 81.8. The zero-order chi connectivity index (χ0) is 70.0. The van der Waals surface area contributed by atoms with Crippen molar-refractivity contribution in [1.82, 2.24) is 0 Å². The molecular formula is C87H158NO8P. The fraction of sp³-hybridized carbons (Fsp3) is 0.793. The SMILES string of the molecule is CC/C=C\C/C=C\C/C=C\C/C=C\C/C=C\C/C=C\CCCCCCCCCCCCCCCCCCCCCCC(=O)OC(COC(=O)CCCCCCCCCCCCCCCCCCCCCCCCCCC/C=C\C/C=C\CCCCCCC)COP(=O)(O)OCCN. The smallest absolute Gasteiger partial charge is 0.462 e. The van der Waals surface area contributed by atoms with E-state index in [4.69, 9.17) is 24.3 Å². The van der Waals surface area contributed by atoms with Crippen LogP contribution in [0.3, 0.4) is 0 Å². The molecule has 2 unspecified atom stereocenters. The maximum absolute atomic E-state index is 12.8. The van der Waals surface area contributed by atoms with Crippen LogP contribution in [0.1, 0.15) is 412 Å². The highest BCUT2D eigenvalue weighted by atomic mass is 31.2. The highest BCUT2D eigenvalue weighted by Gasteiger charge is 2.26. The fourth-order valence-electron chi connectivity index (χ4n) is 12.3. The van der Waals surface area contributed by atoms with Crippen molar-refractivity contribution < 1.29 is 37.6 Å². The van der Waals surface area contributed by atoms with Crippen molar-refractivity contribution in [2.24, 2.45) is 5.73 Å². The Kier molecular flexibility index (Phi) is 79.3. The molecule has 564 valence electrons. The third-order valence-electron chi connectivity index (χ3n) is 18.5. The molecule has 10 heteroatoms. The van der Waals surface area contributed by atoms with Crippen molar-refractivity contribution in [3.8, 4) is 0 Å². The number of carbonyl (C=O) groups excluding carboxylic acids is 2. The van der Waals surface area contributed by atoms with Gasteiger partial charge in [-0.15, -0.1) is 0 Å². The largest absolute Gasteiger partial charge is 0.472 e. The Balaban J connectivity index is 3.76. The first-order valence-electron chi connectivity index (χ1n) is 41.7. The maximum Gasteiger partial charge on any atom is 0.472 e. The molecule has 0 aromatic heterocycles. The monoisotopic (exact) mass is 1380 g/mol. The van der Waals surface area contributed by atoms with Crippen LogP contribution < -0.4 is 5.73 Å². The van der Waals surface area contributed by atoms with E-state index in [1.54, 1.807) is 0 Å². The summed E-state index contributed by atoms with van der Waals surface area (Å²) in [5, 5.41) is 0. The predicted molar refractivity (Wildman–Crippen MR) is 422 cm³/mol. The van der Waals surface area contributed by atoms with Gasteiger partial charge in [0.25, 0.3) is 0 Å². The third-order valence-corrected chi connectivity index (χ3v) is 19.4. The molecule has 0 rings (SSSR count). The first kappa shape index (κ1) is 93.9. The van der Waals surface area contributed by atoms with Crippen LogP contribution >= 0.6 is 7.82 Å². The van der Waals surface area contributed by atoms with Gasteiger partial charge >= 0.3 is 19.8 Å². The zero-order valence-corrected chi connectivity index (χ0v) is 64.7. The Morgan fingerprint density at radius 3 is 0.845 bits per heavy atom. The topological polar surface area (TPSA) is 134 Å². The number of unbranched alkanes of at least 4 members (excludes halogenated alkanes) is 50. The van der Waals surface area contributed by atoms with Gasteiger partial charge in [0.2, 0.25) is 0 Å². The number of phosphoric ester groups is 1. The van der Waals surface area contributed by atoms with Crippen molar-refractivity contribution >= 4 is 19.8 Å². The average Bonchev–Trinajstić information content (AvgIpc) is 2.88. The van der Waals surface area contributed by atoms with E-state index in [0.29, 0.717) is 6.42 Å². The van der Waals surface area contributed by atoms with Crippen molar-refractivity contribution in [1.29, 1.82) is 0 Å². The van der Waals surface area contributed by atoms with E-state index < -0.39 is 26.5 Å². The number of hydrogen-bond acceptors (Lipinski definition) is 8. The number of esters is 2. The molecule has 0 radical (unpaired) electrons. The molecule has 0 bridgehead atoms. The Bertz CT molecular complexity index is 1920.